The van der Waals surface area contributed by atoms with Crippen molar-refractivity contribution in [1.29, 1.82) is 0 Å². The average molecular weight is 337 g/mol. The molecule has 1 aromatic heterocycles. The molecular formula is C18H15N3O4. The largest absolute Gasteiger partial charge is 0.490 e. The molecule has 1 aliphatic rings. The Morgan fingerprint density at radius 3 is 3.04 bits per heavy atom. The fourth-order valence-electron chi connectivity index (χ4n) is 2.55. The second kappa shape index (κ2) is 6.20. The van der Waals surface area contributed by atoms with Gasteiger partial charge in [0.2, 0.25) is 6.79 Å². The number of aromatic amines is 1. The first kappa shape index (κ1) is 15.1. The minimum atomic E-state index is -0.288. The standard InChI is InChI=1S/C18H15N3O4/c1-2-7-23-12-4-5-14-13(9-12)17(21-20-14)19-18(22)11-3-6-15-16(8-11)25-10-24-15/h2-6,8-9H,1,7,10H2,(H2,19,20,21,22). The Bertz CT molecular complexity index is 964. The molecule has 7 heteroatoms. The quantitative estimate of drug-likeness (QED) is 0.699. The molecular weight excluding hydrogens is 322 g/mol. The molecule has 0 fully saturated rings. The summed E-state index contributed by atoms with van der Waals surface area (Å²) in [5, 5.41) is 10.6. The maximum absolute atomic E-state index is 12.5. The van der Waals surface area contributed by atoms with E-state index in [4.69, 9.17) is 14.2 Å². The zero-order chi connectivity index (χ0) is 17.2. The van der Waals surface area contributed by atoms with Gasteiger partial charge in [-0.3, -0.25) is 9.89 Å². The number of anilines is 1. The third kappa shape index (κ3) is 2.87. The fraction of sp³-hybridized carbons (Fsp3) is 0.111. The van der Waals surface area contributed by atoms with Crippen molar-refractivity contribution in [3.05, 3.63) is 54.6 Å². The van der Waals surface area contributed by atoms with Crippen molar-refractivity contribution >= 4 is 22.6 Å². The Labute approximate surface area is 143 Å². The van der Waals surface area contributed by atoms with Gasteiger partial charge in [0, 0.05) is 10.9 Å². The number of nitrogens with one attached hydrogen (secondary N) is 2. The van der Waals surface area contributed by atoms with E-state index in [1.165, 1.54) is 0 Å². The van der Waals surface area contributed by atoms with Crippen LogP contribution in [0.1, 0.15) is 10.4 Å². The van der Waals surface area contributed by atoms with Crippen molar-refractivity contribution in [2.75, 3.05) is 18.7 Å². The second-order valence-corrected chi connectivity index (χ2v) is 5.40. The third-order valence-corrected chi connectivity index (χ3v) is 3.77. The predicted octanol–water partition coefficient (Wildman–Crippen LogP) is 3.11. The number of amides is 1. The van der Waals surface area contributed by atoms with E-state index in [1.54, 1.807) is 24.3 Å². The summed E-state index contributed by atoms with van der Waals surface area (Å²) in [7, 11) is 0. The van der Waals surface area contributed by atoms with Crippen molar-refractivity contribution in [3.63, 3.8) is 0 Å². The molecule has 2 N–H and O–H groups in total. The van der Waals surface area contributed by atoms with Gasteiger partial charge in [0.1, 0.15) is 12.4 Å². The van der Waals surface area contributed by atoms with Crippen molar-refractivity contribution < 1.29 is 19.0 Å². The van der Waals surface area contributed by atoms with Crippen LogP contribution < -0.4 is 19.5 Å². The van der Waals surface area contributed by atoms with Crippen LogP contribution in [0.2, 0.25) is 0 Å². The maximum Gasteiger partial charge on any atom is 0.257 e. The van der Waals surface area contributed by atoms with Crippen molar-refractivity contribution in [3.8, 4) is 17.2 Å². The molecule has 0 bridgehead atoms. The second-order valence-electron chi connectivity index (χ2n) is 5.40. The molecule has 25 heavy (non-hydrogen) atoms. The van der Waals surface area contributed by atoms with Gasteiger partial charge in [-0.2, -0.15) is 5.10 Å². The molecule has 0 saturated heterocycles. The first-order valence-electron chi connectivity index (χ1n) is 7.67. The molecule has 2 aromatic carbocycles. The van der Waals surface area contributed by atoms with Crippen LogP contribution in [-0.4, -0.2) is 29.5 Å². The minimum Gasteiger partial charge on any atom is -0.490 e. The molecule has 7 nitrogen and oxygen atoms in total. The third-order valence-electron chi connectivity index (χ3n) is 3.77. The van der Waals surface area contributed by atoms with Crippen molar-refractivity contribution in [1.82, 2.24) is 10.2 Å². The number of nitrogens with zero attached hydrogens (tertiary/aromatic N) is 1. The SMILES string of the molecule is C=CCOc1ccc2[nH]nc(NC(=O)c3ccc4c(c3)OCO4)c2c1. The summed E-state index contributed by atoms with van der Waals surface area (Å²) >= 11 is 0. The number of benzene rings is 2. The number of hydrogen-bond acceptors (Lipinski definition) is 5. The first-order chi connectivity index (χ1) is 12.2. The summed E-state index contributed by atoms with van der Waals surface area (Å²) in [4.78, 5) is 12.5. The van der Waals surface area contributed by atoms with Crippen LogP contribution in [0.5, 0.6) is 17.2 Å². The van der Waals surface area contributed by atoms with E-state index in [2.05, 4.69) is 22.1 Å². The summed E-state index contributed by atoms with van der Waals surface area (Å²) in [5.74, 6) is 2.00. The first-order valence-corrected chi connectivity index (χ1v) is 7.67. The Hall–Kier alpha value is -3.48. The zero-order valence-electron chi connectivity index (χ0n) is 13.2. The normalized spacial score (nSPS) is 12.2. The van der Waals surface area contributed by atoms with Gasteiger partial charge in [0.15, 0.2) is 17.3 Å². The Morgan fingerprint density at radius 1 is 1.28 bits per heavy atom. The number of rotatable bonds is 5. The van der Waals surface area contributed by atoms with Crippen molar-refractivity contribution in [2.45, 2.75) is 0 Å². The number of H-pyrrole nitrogens is 1. The van der Waals surface area contributed by atoms with Gasteiger partial charge in [-0.15, -0.1) is 0 Å². The van der Waals surface area contributed by atoms with Gasteiger partial charge in [0.25, 0.3) is 5.91 Å². The van der Waals surface area contributed by atoms with Crippen LogP contribution in [0.25, 0.3) is 10.9 Å². The highest BCUT2D eigenvalue weighted by Crippen LogP contribution is 2.33. The molecule has 0 saturated carbocycles. The smallest absolute Gasteiger partial charge is 0.257 e. The van der Waals surface area contributed by atoms with E-state index in [0.29, 0.717) is 35.2 Å². The lowest BCUT2D eigenvalue weighted by Crippen LogP contribution is -2.12. The number of hydrogen-bond donors (Lipinski definition) is 2. The molecule has 0 aliphatic carbocycles. The van der Waals surface area contributed by atoms with E-state index in [9.17, 15) is 4.79 Å². The maximum atomic E-state index is 12.5. The molecule has 0 radical (unpaired) electrons. The van der Waals surface area contributed by atoms with E-state index in [-0.39, 0.29) is 12.7 Å². The van der Waals surface area contributed by atoms with E-state index < -0.39 is 0 Å². The summed E-state index contributed by atoms with van der Waals surface area (Å²) in [5.41, 5.74) is 1.26. The van der Waals surface area contributed by atoms with E-state index in [1.807, 2.05) is 18.2 Å². The highest BCUT2D eigenvalue weighted by Gasteiger charge is 2.17. The van der Waals surface area contributed by atoms with Crippen LogP contribution in [0.3, 0.4) is 0 Å². The molecule has 0 atom stereocenters. The van der Waals surface area contributed by atoms with Gasteiger partial charge < -0.3 is 19.5 Å². The van der Waals surface area contributed by atoms with Gasteiger partial charge in [-0.1, -0.05) is 12.7 Å². The molecule has 2 heterocycles. The van der Waals surface area contributed by atoms with Crippen molar-refractivity contribution in [2.24, 2.45) is 0 Å². The Morgan fingerprint density at radius 2 is 2.16 bits per heavy atom. The van der Waals surface area contributed by atoms with Crippen LogP contribution in [0, 0.1) is 0 Å². The topological polar surface area (TPSA) is 85.5 Å². The molecule has 0 spiro atoms. The Balaban J connectivity index is 1.59. The summed E-state index contributed by atoms with van der Waals surface area (Å²) < 4.78 is 16.1. The minimum absolute atomic E-state index is 0.165. The van der Waals surface area contributed by atoms with Gasteiger partial charge in [0.05, 0.1) is 5.52 Å². The van der Waals surface area contributed by atoms with E-state index in [0.717, 1.165) is 10.9 Å². The summed E-state index contributed by atoms with van der Waals surface area (Å²) in [6.07, 6.45) is 1.67. The molecule has 1 amide bonds. The van der Waals surface area contributed by atoms with Gasteiger partial charge in [-0.25, -0.2) is 0 Å². The average Bonchev–Trinajstić information content (AvgIpc) is 3.26. The number of aromatic nitrogens is 2. The monoisotopic (exact) mass is 337 g/mol. The predicted molar refractivity (Wildman–Crippen MR) is 92.3 cm³/mol. The highest BCUT2D eigenvalue weighted by molar-refractivity contribution is 6.08. The number of carbonyl (C=O) groups is 1. The molecule has 126 valence electrons. The highest BCUT2D eigenvalue weighted by atomic mass is 16.7. The van der Waals surface area contributed by atoms with Crippen LogP contribution in [-0.2, 0) is 0 Å². The number of carbonyl (C=O) groups excluding carboxylic acids is 1. The molecule has 0 unspecified atom stereocenters. The van der Waals surface area contributed by atoms with Crippen LogP contribution in [0.4, 0.5) is 5.82 Å². The zero-order valence-corrected chi connectivity index (χ0v) is 13.2. The lowest BCUT2D eigenvalue weighted by molar-refractivity contribution is 0.102. The summed E-state index contributed by atoms with van der Waals surface area (Å²) in [6.45, 7) is 4.19. The molecule has 1 aliphatic heterocycles. The lowest BCUT2D eigenvalue weighted by Gasteiger charge is -2.05. The number of ether oxygens (including phenoxy) is 3. The van der Waals surface area contributed by atoms with Gasteiger partial charge in [-0.05, 0) is 36.4 Å². The molecule has 3 aromatic rings. The summed E-state index contributed by atoms with van der Waals surface area (Å²) in [6, 6.07) is 10.5. The van der Waals surface area contributed by atoms with E-state index >= 15 is 0 Å². The van der Waals surface area contributed by atoms with Crippen LogP contribution >= 0.6 is 0 Å². The Kier molecular flexibility index (Phi) is 3.74. The number of fused-ring (bicyclic) bond motifs is 2. The fourth-order valence-corrected chi connectivity index (χ4v) is 2.55. The lowest BCUT2D eigenvalue weighted by atomic mass is 10.2. The van der Waals surface area contributed by atoms with Crippen LogP contribution in [0.15, 0.2) is 49.1 Å². The molecule has 4 rings (SSSR count). The van der Waals surface area contributed by atoms with Gasteiger partial charge >= 0.3 is 0 Å².